The lowest BCUT2D eigenvalue weighted by Gasteiger charge is -2.32. The monoisotopic (exact) mass is 382 g/mol. The van der Waals surface area contributed by atoms with Crippen LogP contribution in [0.3, 0.4) is 0 Å². The Morgan fingerprint density at radius 1 is 1.00 bits per heavy atom. The number of methoxy groups -OCH3 is 1. The van der Waals surface area contributed by atoms with Crippen molar-refractivity contribution < 1.29 is 19.1 Å². The van der Waals surface area contributed by atoms with E-state index < -0.39 is 11.9 Å². The van der Waals surface area contributed by atoms with Gasteiger partial charge in [-0.05, 0) is 31.3 Å². The molecule has 28 heavy (non-hydrogen) atoms. The number of esters is 1. The summed E-state index contributed by atoms with van der Waals surface area (Å²) in [5.41, 5.74) is 1.42. The smallest absolute Gasteiger partial charge is 0.337 e. The molecule has 8 heteroatoms. The highest BCUT2D eigenvalue weighted by molar-refractivity contribution is 6.06. The third kappa shape index (κ3) is 4.52. The molecule has 8 nitrogen and oxygen atoms in total. The van der Waals surface area contributed by atoms with Gasteiger partial charge in [0, 0.05) is 44.3 Å². The zero-order valence-corrected chi connectivity index (χ0v) is 15.8. The quantitative estimate of drug-likeness (QED) is 0.806. The number of ether oxygens (including phenoxy) is 1. The van der Waals surface area contributed by atoms with Crippen LogP contribution in [0.2, 0.25) is 0 Å². The number of nitrogens with zero attached hydrogens (tertiary/aromatic N) is 3. The van der Waals surface area contributed by atoms with Crippen LogP contribution in [0.1, 0.15) is 31.1 Å². The second-order valence-corrected chi connectivity index (χ2v) is 6.58. The lowest BCUT2D eigenvalue weighted by atomic mass is 10.1. The average Bonchev–Trinajstić information content (AvgIpc) is 2.73. The van der Waals surface area contributed by atoms with Crippen LogP contribution < -0.4 is 5.32 Å². The Morgan fingerprint density at radius 2 is 1.71 bits per heavy atom. The van der Waals surface area contributed by atoms with Crippen molar-refractivity contribution in [3.05, 3.63) is 59.4 Å². The fourth-order valence-electron chi connectivity index (χ4n) is 2.92. The molecule has 1 N–H and O–H groups in total. The molecule has 1 aromatic heterocycles. The van der Waals surface area contributed by atoms with E-state index in [0.717, 1.165) is 13.1 Å². The van der Waals surface area contributed by atoms with Gasteiger partial charge in [0.25, 0.3) is 11.8 Å². The van der Waals surface area contributed by atoms with Gasteiger partial charge in [0.2, 0.25) is 0 Å². The number of hydrogen-bond donors (Lipinski definition) is 1. The summed E-state index contributed by atoms with van der Waals surface area (Å²) in [5, 5.41) is 2.71. The molecule has 0 aliphatic carbocycles. The van der Waals surface area contributed by atoms with Gasteiger partial charge in [-0.25, -0.2) is 4.79 Å². The molecule has 1 fully saturated rings. The van der Waals surface area contributed by atoms with Crippen LogP contribution in [-0.2, 0) is 4.74 Å². The zero-order chi connectivity index (χ0) is 20.1. The van der Waals surface area contributed by atoms with Crippen molar-refractivity contribution in [1.82, 2.24) is 14.8 Å². The van der Waals surface area contributed by atoms with E-state index in [0.29, 0.717) is 29.9 Å². The molecule has 2 heterocycles. The Balaban J connectivity index is 1.72. The number of benzene rings is 1. The van der Waals surface area contributed by atoms with Crippen molar-refractivity contribution in [2.24, 2.45) is 0 Å². The number of pyridine rings is 1. The molecule has 2 aromatic rings. The molecule has 3 rings (SSSR count). The first-order valence-electron chi connectivity index (χ1n) is 8.90. The number of aromatic nitrogens is 1. The minimum atomic E-state index is -0.488. The fourth-order valence-corrected chi connectivity index (χ4v) is 2.92. The van der Waals surface area contributed by atoms with Crippen LogP contribution in [0.4, 0.5) is 5.69 Å². The first-order valence-corrected chi connectivity index (χ1v) is 8.90. The van der Waals surface area contributed by atoms with E-state index in [-0.39, 0.29) is 11.5 Å². The Hall–Kier alpha value is -3.26. The summed E-state index contributed by atoms with van der Waals surface area (Å²) in [4.78, 5) is 44.8. The molecule has 0 saturated carbocycles. The number of amides is 2. The summed E-state index contributed by atoms with van der Waals surface area (Å²) in [6.07, 6.45) is 2.87. The maximum atomic E-state index is 12.7. The van der Waals surface area contributed by atoms with Crippen LogP contribution >= 0.6 is 0 Å². The average molecular weight is 382 g/mol. The molecular weight excluding hydrogens is 360 g/mol. The summed E-state index contributed by atoms with van der Waals surface area (Å²) in [6.45, 7) is 2.92. The second-order valence-electron chi connectivity index (χ2n) is 6.58. The molecule has 1 aliphatic heterocycles. The van der Waals surface area contributed by atoms with Gasteiger partial charge in [0.05, 0.1) is 23.8 Å². The van der Waals surface area contributed by atoms with Crippen LogP contribution in [0.5, 0.6) is 0 Å². The molecular formula is C20H22N4O4. The number of nitrogens with one attached hydrogen (secondary N) is 1. The van der Waals surface area contributed by atoms with Gasteiger partial charge in [-0.3, -0.25) is 14.6 Å². The highest BCUT2D eigenvalue weighted by Crippen LogP contribution is 2.14. The molecule has 1 aliphatic rings. The molecule has 0 atom stereocenters. The van der Waals surface area contributed by atoms with Crippen molar-refractivity contribution in [1.29, 1.82) is 0 Å². The maximum absolute atomic E-state index is 12.7. The Labute approximate surface area is 163 Å². The second kappa shape index (κ2) is 8.62. The van der Waals surface area contributed by atoms with Gasteiger partial charge >= 0.3 is 5.97 Å². The first kappa shape index (κ1) is 19.5. The molecule has 0 bridgehead atoms. The number of carbonyl (C=O) groups is 3. The van der Waals surface area contributed by atoms with E-state index in [1.807, 2.05) is 7.05 Å². The summed E-state index contributed by atoms with van der Waals surface area (Å²) < 4.78 is 4.68. The van der Waals surface area contributed by atoms with E-state index in [1.165, 1.54) is 31.6 Å². The van der Waals surface area contributed by atoms with Crippen molar-refractivity contribution in [3.8, 4) is 0 Å². The lowest BCUT2D eigenvalue weighted by Crippen LogP contribution is -2.47. The Bertz CT molecular complexity index is 891. The van der Waals surface area contributed by atoms with E-state index in [9.17, 15) is 14.4 Å². The maximum Gasteiger partial charge on any atom is 0.337 e. The van der Waals surface area contributed by atoms with Crippen LogP contribution in [0.25, 0.3) is 0 Å². The largest absolute Gasteiger partial charge is 0.465 e. The van der Waals surface area contributed by atoms with Gasteiger partial charge in [0.1, 0.15) is 0 Å². The molecule has 2 amide bonds. The molecule has 146 valence electrons. The van der Waals surface area contributed by atoms with Crippen LogP contribution in [0, 0.1) is 0 Å². The predicted octanol–water partition coefficient (Wildman–Crippen LogP) is 1.51. The number of carbonyl (C=O) groups excluding carboxylic acids is 3. The van der Waals surface area contributed by atoms with Crippen molar-refractivity contribution in [2.45, 2.75) is 0 Å². The topological polar surface area (TPSA) is 91.8 Å². The van der Waals surface area contributed by atoms with Crippen molar-refractivity contribution >= 4 is 23.5 Å². The molecule has 0 unspecified atom stereocenters. The molecule has 1 saturated heterocycles. The number of anilines is 1. The summed E-state index contributed by atoms with van der Waals surface area (Å²) in [6, 6.07) is 7.96. The van der Waals surface area contributed by atoms with E-state index >= 15 is 0 Å². The van der Waals surface area contributed by atoms with E-state index in [4.69, 9.17) is 0 Å². The van der Waals surface area contributed by atoms with Crippen LogP contribution in [0.15, 0.2) is 42.7 Å². The molecule has 1 aromatic carbocycles. The van der Waals surface area contributed by atoms with E-state index in [1.54, 1.807) is 23.1 Å². The van der Waals surface area contributed by atoms with Crippen LogP contribution in [-0.4, -0.2) is 72.9 Å². The van der Waals surface area contributed by atoms with Crippen molar-refractivity contribution in [2.75, 3.05) is 45.7 Å². The third-order valence-corrected chi connectivity index (χ3v) is 4.58. The number of rotatable bonds is 4. The van der Waals surface area contributed by atoms with Gasteiger partial charge in [0.15, 0.2) is 0 Å². The summed E-state index contributed by atoms with van der Waals surface area (Å²) in [7, 11) is 3.31. The fraction of sp³-hybridized carbons (Fsp3) is 0.300. The summed E-state index contributed by atoms with van der Waals surface area (Å²) >= 11 is 0. The van der Waals surface area contributed by atoms with Gasteiger partial charge < -0.3 is 19.9 Å². The van der Waals surface area contributed by atoms with E-state index in [2.05, 4.69) is 19.9 Å². The SMILES string of the molecule is COC(=O)c1cccc(NC(=O)c2cncc(C(=O)N3CCN(C)CC3)c2)c1. The highest BCUT2D eigenvalue weighted by Gasteiger charge is 2.21. The third-order valence-electron chi connectivity index (χ3n) is 4.58. The van der Waals surface area contributed by atoms with Crippen molar-refractivity contribution in [3.63, 3.8) is 0 Å². The molecule has 0 spiro atoms. The van der Waals surface area contributed by atoms with Gasteiger partial charge in [-0.15, -0.1) is 0 Å². The number of piperazine rings is 1. The van der Waals surface area contributed by atoms with Gasteiger partial charge in [-0.2, -0.15) is 0 Å². The Morgan fingerprint density at radius 3 is 2.43 bits per heavy atom. The minimum absolute atomic E-state index is 0.136. The predicted molar refractivity (Wildman–Crippen MR) is 103 cm³/mol. The van der Waals surface area contributed by atoms with Gasteiger partial charge in [-0.1, -0.05) is 6.07 Å². The summed E-state index contributed by atoms with van der Waals surface area (Å²) in [5.74, 6) is -1.04. The number of likely N-dealkylation sites (N-methyl/N-ethyl adjacent to an activating group) is 1. The minimum Gasteiger partial charge on any atom is -0.465 e. The molecule has 0 radical (unpaired) electrons. The first-order chi connectivity index (χ1) is 13.5. The highest BCUT2D eigenvalue weighted by atomic mass is 16.5. The standard InChI is InChI=1S/C20H22N4O4/c1-23-6-8-24(9-7-23)19(26)16-10-15(12-21-13-16)18(25)22-17-5-3-4-14(11-17)20(27)28-2/h3-5,10-13H,6-9H2,1-2H3,(H,22,25). The zero-order valence-electron chi connectivity index (χ0n) is 15.8. The lowest BCUT2D eigenvalue weighted by molar-refractivity contribution is 0.0599. The number of hydrogen-bond acceptors (Lipinski definition) is 6. The normalized spacial score (nSPS) is 14.4. The Kier molecular flexibility index (Phi) is 6.00.